The van der Waals surface area contributed by atoms with E-state index in [1.54, 1.807) is 6.07 Å². The topological polar surface area (TPSA) is 58.4 Å². The normalized spacial score (nSPS) is 20.9. The van der Waals surface area contributed by atoms with Gasteiger partial charge in [0.05, 0.1) is 9.95 Å². The highest BCUT2D eigenvalue weighted by atomic mass is 35.5. The first kappa shape index (κ1) is 13.3. The smallest absolute Gasteiger partial charge is 0.270 e. The van der Waals surface area contributed by atoms with Crippen molar-refractivity contribution in [2.75, 3.05) is 26.2 Å². The van der Waals surface area contributed by atoms with E-state index in [2.05, 4.69) is 17.1 Å². The van der Waals surface area contributed by atoms with E-state index in [1.807, 2.05) is 0 Å². The quantitative estimate of drug-likeness (QED) is 0.675. The third kappa shape index (κ3) is 2.80. The van der Waals surface area contributed by atoms with Gasteiger partial charge in [0.2, 0.25) is 0 Å². The predicted octanol–water partition coefficient (Wildman–Crippen LogP) is 2.21. The fourth-order valence-corrected chi connectivity index (χ4v) is 2.53. The second-order valence-corrected chi connectivity index (χ2v) is 4.77. The highest BCUT2D eigenvalue weighted by Gasteiger charge is 2.22. The zero-order valence-corrected chi connectivity index (χ0v) is 11.0. The number of nitrogens with zero attached hydrogens (tertiary/aromatic N) is 2. The van der Waals surface area contributed by atoms with Gasteiger partial charge in [-0.2, -0.15) is 0 Å². The summed E-state index contributed by atoms with van der Waals surface area (Å²) < 4.78 is 0. The van der Waals surface area contributed by atoms with Crippen molar-refractivity contribution in [1.82, 2.24) is 10.2 Å². The lowest BCUT2D eigenvalue weighted by atomic mass is 10.0. The number of non-ortho nitro benzene ring substituents is 1. The van der Waals surface area contributed by atoms with Crippen LogP contribution in [0.2, 0.25) is 5.02 Å². The molecule has 1 aromatic rings. The van der Waals surface area contributed by atoms with Gasteiger partial charge in [0.1, 0.15) is 0 Å². The molecule has 0 aliphatic carbocycles. The highest BCUT2D eigenvalue weighted by Crippen LogP contribution is 2.28. The minimum absolute atomic E-state index is 0.0342. The Morgan fingerprint density at radius 2 is 2.39 bits per heavy atom. The molecule has 1 aliphatic rings. The van der Waals surface area contributed by atoms with E-state index in [-0.39, 0.29) is 11.7 Å². The number of hydrogen-bond donors (Lipinski definition) is 1. The average molecular weight is 270 g/mol. The zero-order chi connectivity index (χ0) is 13.1. The van der Waals surface area contributed by atoms with Crippen molar-refractivity contribution >= 4 is 17.3 Å². The molecular formula is C12H16ClN3O2. The molecule has 1 unspecified atom stereocenters. The molecular weight excluding hydrogens is 254 g/mol. The molecule has 1 heterocycles. The Morgan fingerprint density at radius 3 is 3.00 bits per heavy atom. The van der Waals surface area contributed by atoms with Gasteiger partial charge in [0, 0.05) is 37.8 Å². The van der Waals surface area contributed by atoms with Crippen LogP contribution in [0.1, 0.15) is 18.5 Å². The van der Waals surface area contributed by atoms with Crippen LogP contribution in [0, 0.1) is 10.1 Å². The Bertz CT molecular complexity index is 453. The molecule has 0 radical (unpaired) electrons. The van der Waals surface area contributed by atoms with Crippen molar-refractivity contribution in [2.24, 2.45) is 0 Å². The van der Waals surface area contributed by atoms with E-state index in [0.29, 0.717) is 5.02 Å². The van der Waals surface area contributed by atoms with Crippen LogP contribution in [0.5, 0.6) is 0 Å². The Labute approximate surface area is 111 Å². The molecule has 1 aromatic carbocycles. The summed E-state index contributed by atoms with van der Waals surface area (Å²) in [6, 6.07) is 4.82. The zero-order valence-electron chi connectivity index (χ0n) is 10.2. The van der Waals surface area contributed by atoms with E-state index >= 15 is 0 Å². The van der Waals surface area contributed by atoms with Crippen molar-refractivity contribution in [3.8, 4) is 0 Å². The third-order valence-corrected chi connectivity index (χ3v) is 3.60. The maximum absolute atomic E-state index is 10.7. The lowest BCUT2D eigenvalue weighted by Crippen LogP contribution is -2.45. The van der Waals surface area contributed by atoms with Crippen LogP contribution in [0.25, 0.3) is 0 Å². The van der Waals surface area contributed by atoms with Crippen molar-refractivity contribution < 1.29 is 4.92 Å². The number of rotatable bonds is 3. The second-order valence-electron chi connectivity index (χ2n) is 4.36. The van der Waals surface area contributed by atoms with Gasteiger partial charge in [0.25, 0.3) is 5.69 Å². The largest absolute Gasteiger partial charge is 0.308 e. The summed E-state index contributed by atoms with van der Waals surface area (Å²) in [6.45, 7) is 5.94. The van der Waals surface area contributed by atoms with Gasteiger partial charge in [-0.3, -0.25) is 10.1 Å². The molecule has 6 heteroatoms. The predicted molar refractivity (Wildman–Crippen MR) is 71.0 cm³/mol. The van der Waals surface area contributed by atoms with Gasteiger partial charge in [-0.05, 0) is 18.2 Å². The van der Waals surface area contributed by atoms with E-state index in [4.69, 9.17) is 11.6 Å². The fourth-order valence-electron chi connectivity index (χ4n) is 2.22. The number of likely N-dealkylation sites (N-methyl/N-ethyl adjacent to an activating group) is 1. The molecule has 0 saturated carbocycles. The van der Waals surface area contributed by atoms with E-state index in [1.165, 1.54) is 12.1 Å². The standard InChI is InChI=1S/C12H16ClN3O2/c1-2-15-6-5-14-12(8-15)10-4-3-9(16(17)18)7-11(10)13/h3-4,7,12,14H,2,5-6,8H2,1H3. The molecule has 1 fully saturated rings. The fraction of sp³-hybridized carbons (Fsp3) is 0.500. The van der Waals surface area contributed by atoms with Crippen LogP contribution in [-0.2, 0) is 0 Å². The van der Waals surface area contributed by atoms with Crippen LogP contribution >= 0.6 is 11.6 Å². The van der Waals surface area contributed by atoms with Crippen LogP contribution < -0.4 is 5.32 Å². The van der Waals surface area contributed by atoms with Crippen LogP contribution in [-0.4, -0.2) is 36.0 Å². The molecule has 0 aromatic heterocycles. The Balaban J connectivity index is 2.20. The number of hydrogen-bond acceptors (Lipinski definition) is 4. The van der Waals surface area contributed by atoms with Gasteiger partial charge in [-0.1, -0.05) is 18.5 Å². The second kappa shape index (κ2) is 5.65. The van der Waals surface area contributed by atoms with Gasteiger partial charge < -0.3 is 10.2 Å². The number of nitro groups is 1. The maximum Gasteiger partial charge on any atom is 0.270 e. The minimum atomic E-state index is -0.428. The maximum atomic E-state index is 10.7. The number of halogens is 1. The monoisotopic (exact) mass is 269 g/mol. The Hall–Kier alpha value is -1.17. The summed E-state index contributed by atoms with van der Waals surface area (Å²) in [5, 5.41) is 14.5. The summed E-state index contributed by atoms with van der Waals surface area (Å²) in [5.41, 5.74) is 0.965. The Kier molecular flexibility index (Phi) is 4.16. The lowest BCUT2D eigenvalue weighted by Gasteiger charge is -2.33. The van der Waals surface area contributed by atoms with Gasteiger partial charge in [-0.25, -0.2) is 0 Å². The van der Waals surface area contributed by atoms with Crippen molar-refractivity contribution in [2.45, 2.75) is 13.0 Å². The highest BCUT2D eigenvalue weighted by molar-refractivity contribution is 6.31. The molecule has 18 heavy (non-hydrogen) atoms. The minimum Gasteiger partial charge on any atom is -0.308 e. The molecule has 1 aliphatic heterocycles. The van der Waals surface area contributed by atoms with Crippen LogP contribution in [0.15, 0.2) is 18.2 Å². The van der Waals surface area contributed by atoms with E-state index < -0.39 is 4.92 Å². The summed E-state index contributed by atoms with van der Waals surface area (Å²) in [5.74, 6) is 0. The van der Waals surface area contributed by atoms with Crippen molar-refractivity contribution in [1.29, 1.82) is 0 Å². The summed E-state index contributed by atoms with van der Waals surface area (Å²) in [6.07, 6.45) is 0. The van der Waals surface area contributed by atoms with Crippen LogP contribution in [0.4, 0.5) is 5.69 Å². The van der Waals surface area contributed by atoms with E-state index in [0.717, 1.165) is 31.7 Å². The van der Waals surface area contributed by atoms with Crippen LogP contribution in [0.3, 0.4) is 0 Å². The molecule has 1 atom stereocenters. The molecule has 1 N–H and O–H groups in total. The third-order valence-electron chi connectivity index (χ3n) is 3.28. The number of nitrogens with one attached hydrogen (secondary N) is 1. The summed E-state index contributed by atoms with van der Waals surface area (Å²) >= 11 is 6.13. The number of benzene rings is 1. The molecule has 1 saturated heterocycles. The summed E-state index contributed by atoms with van der Waals surface area (Å²) in [4.78, 5) is 12.6. The first-order valence-electron chi connectivity index (χ1n) is 6.01. The molecule has 0 spiro atoms. The molecule has 98 valence electrons. The first-order valence-corrected chi connectivity index (χ1v) is 6.39. The Morgan fingerprint density at radius 1 is 1.61 bits per heavy atom. The number of nitro benzene ring substituents is 1. The molecule has 0 bridgehead atoms. The SMILES string of the molecule is CCN1CCNC(c2ccc([N+](=O)[O-])cc2Cl)C1. The lowest BCUT2D eigenvalue weighted by molar-refractivity contribution is -0.384. The van der Waals surface area contributed by atoms with Crippen molar-refractivity contribution in [3.05, 3.63) is 38.9 Å². The van der Waals surface area contributed by atoms with E-state index in [9.17, 15) is 10.1 Å². The molecule has 5 nitrogen and oxygen atoms in total. The van der Waals surface area contributed by atoms with Gasteiger partial charge in [-0.15, -0.1) is 0 Å². The molecule has 0 amide bonds. The average Bonchev–Trinajstić information content (AvgIpc) is 2.38. The molecule has 2 rings (SSSR count). The van der Waals surface area contributed by atoms with Gasteiger partial charge >= 0.3 is 0 Å². The summed E-state index contributed by atoms with van der Waals surface area (Å²) in [7, 11) is 0. The first-order chi connectivity index (χ1) is 8.61. The van der Waals surface area contributed by atoms with Crippen molar-refractivity contribution in [3.63, 3.8) is 0 Å². The number of piperazine rings is 1. The van der Waals surface area contributed by atoms with Gasteiger partial charge in [0.15, 0.2) is 0 Å².